The van der Waals surface area contributed by atoms with Crippen molar-refractivity contribution in [3.8, 4) is 11.4 Å². The lowest BCUT2D eigenvalue weighted by atomic mass is 10.2. The fraction of sp³-hybridized carbons (Fsp3) is 0.231. The van der Waals surface area contributed by atoms with Crippen LogP contribution < -0.4 is 0 Å². The molecule has 1 heterocycles. The van der Waals surface area contributed by atoms with Gasteiger partial charge in [0.2, 0.25) is 0 Å². The number of aromatic carboxylic acids is 1. The largest absolute Gasteiger partial charge is 0.477 e. The lowest BCUT2D eigenvalue weighted by Gasteiger charge is -2.09. The number of ether oxygens (including phenoxy) is 1. The number of carboxylic acid groups (broad SMARTS) is 1. The molecule has 5 nitrogen and oxygen atoms in total. The molecule has 2 aromatic rings. The number of rotatable bonds is 5. The molecular weight excluding hydrogens is 232 g/mol. The molecule has 0 aliphatic rings. The molecule has 1 N–H and O–H groups in total. The Hall–Kier alpha value is -2.14. The number of imidazole rings is 1. The molecule has 0 fully saturated rings. The SMILES string of the molecule is CCOCn1c(C(=O)O)cnc1-c1ccccc1. The van der Waals surface area contributed by atoms with E-state index in [1.54, 1.807) is 4.57 Å². The van der Waals surface area contributed by atoms with Crippen molar-refractivity contribution in [2.75, 3.05) is 6.61 Å². The molecule has 94 valence electrons. The molecule has 0 saturated heterocycles. The summed E-state index contributed by atoms with van der Waals surface area (Å²) in [7, 11) is 0. The molecule has 0 aliphatic carbocycles. The highest BCUT2D eigenvalue weighted by Crippen LogP contribution is 2.19. The molecule has 18 heavy (non-hydrogen) atoms. The van der Waals surface area contributed by atoms with Crippen molar-refractivity contribution in [1.29, 1.82) is 0 Å². The molecule has 1 aromatic carbocycles. The van der Waals surface area contributed by atoms with E-state index in [-0.39, 0.29) is 12.4 Å². The van der Waals surface area contributed by atoms with Gasteiger partial charge in [-0.3, -0.25) is 4.57 Å². The van der Waals surface area contributed by atoms with E-state index < -0.39 is 5.97 Å². The van der Waals surface area contributed by atoms with Gasteiger partial charge in [-0.05, 0) is 6.92 Å². The number of carboxylic acids is 1. The standard InChI is InChI=1S/C13H14N2O3/c1-2-18-9-15-11(13(16)17)8-14-12(15)10-6-4-3-5-7-10/h3-8H,2,9H2,1H3,(H,16,17). The van der Waals surface area contributed by atoms with Crippen molar-refractivity contribution in [2.24, 2.45) is 0 Å². The van der Waals surface area contributed by atoms with Crippen LogP contribution in [0.25, 0.3) is 11.4 Å². The summed E-state index contributed by atoms with van der Waals surface area (Å²) >= 11 is 0. The van der Waals surface area contributed by atoms with E-state index in [9.17, 15) is 4.79 Å². The van der Waals surface area contributed by atoms with Gasteiger partial charge in [0.05, 0.1) is 6.20 Å². The highest BCUT2D eigenvalue weighted by molar-refractivity contribution is 5.86. The predicted molar refractivity (Wildman–Crippen MR) is 66.2 cm³/mol. The third kappa shape index (κ3) is 2.41. The minimum Gasteiger partial charge on any atom is -0.477 e. The molecule has 0 amide bonds. The van der Waals surface area contributed by atoms with Crippen LogP contribution in [0.1, 0.15) is 17.4 Å². The smallest absolute Gasteiger partial charge is 0.354 e. The first-order chi connectivity index (χ1) is 8.74. The fourth-order valence-corrected chi connectivity index (χ4v) is 1.68. The van der Waals surface area contributed by atoms with Gasteiger partial charge in [-0.1, -0.05) is 30.3 Å². The molecule has 5 heteroatoms. The van der Waals surface area contributed by atoms with Crippen LogP contribution >= 0.6 is 0 Å². The molecule has 0 bridgehead atoms. The summed E-state index contributed by atoms with van der Waals surface area (Å²) in [5.74, 6) is -0.411. The number of nitrogens with zero attached hydrogens (tertiary/aromatic N) is 2. The van der Waals surface area contributed by atoms with Crippen molar-refractivity contribution < 1.29 is 14.6 Å². The van der Waals surface area contributed by atoms with Crippen LogP contribution in [0.3, 0.4) is 0 Å². The average molecular weight is 246 g/mol. The van der Waals surface area contributed by atoms with E-state index in [1.165, 1.54) is 6.20 Å². The maximum absolute atomic E-state index is 11.1. The third-order valence-electron chi connectivity index (χ3n) is 2.53. The highest BCUT2D eigenvalue weighted by atomic mass is 16.5. The Morgan fingerprint density at radius 1 is 1.39 bits per heavy atom. The molecule has 0 atom stereocenters. The summed E-state index contributed by atoms with van der Waals surface area (Å²) in [6.45, 7) is 2.56. The first kappa shape index (κ1) is 12.3. The van der Waals surface area contributed by atoms with Crippen molar-refractivity contribution in [3.05, 3.63) is 42.2 Å². The molecule has 0 spiro atoms. The Kier molecular flexibility index (Phi) is 3.74. The average Bonchev–Trinajstić information content (AvgIpc) is 2.81. The molecule has 0 saturated carbocycles. The van der Waals surface area contributed by atoms with Crippen LogP contribution in [0.4, 0.5) is 0 Å². The monoisotopic (exact) mass is 246 g/mol. The third-order valence-corrected chi connectivity index (χ3v) is 2.53. The van der Waals surface area contributed by atoms with Crippen molar-refractivity contribution in [1.82, 2.24) is 9.55 Å². The Labute approximate surface area is 105 Å². The predicted octanol–water partition coefficient (Wildman–Crippen LogP) is 2.24. The second-order valence-corrected chi connectivity index (χ2v) is 3.69. The van der Waals surface area contributed by atoms with Gasteiger partial charge in [0, 0.05) is 12.2 Å². The maximum atomic E-state index is 11.1. The van der Waals surface area contributed by atoms with Crippen LogP contribution in [0, 0.1) is 0 Å². The van der Waals surface area contributed by atoms with Gasteiger partial charge in [-0.25, -0.2) is 9.78 Å². The normalized spacial score (nSPS) is 10.5. The number of aromatic nitrogens is 2. The summed E-state index contributed by atoms with van der Waals surface area (Å²) in [6, 6.07) is 9.44. The van der Waals surface area contributed by atoms with Crippen LogP contribution in [-0.4, -0.2) is 27.2 Å². The van der Waals surface area contributed by atoms with E-state index in [1.807, 2.05) is 37.3 Å². The Bertz CT molecular complexity index is 534. The van der Waals surface area contributed by atoms with Gasteiger partial charge < -0.3 is 9.84 Å². The Balaban J connectivity index is 2.44. The number of carbonyl (C=O) groups is 1. The van der Waals surface area contributed by atoms with Gasteiger partial charge in [-0.2, -0.15) is 0 Å². The first-order valence-electron chi connectivity index (χ1n) is 5.66. The van der Waals surface area contributed by atoms with Crippen LogP contribution in [-0.2, 0) is 11.5 Å². The van der Waals surface area contributed by atoms with Crippen molar-refractivity contribution in [3.63, 3.8) is 0 Å². The molecule has 1 aromatic heterocycles. The van der Waals surface area contributed by atoms with Crippen molar-refractivity contribution in [2.45, 2.75) is 13.7 Å². The number of hydrogen-bond donors (Lipinski definition) is 1. The van der Waals surface area contributed by atoms with E-state index in [2.05, 4.69) is 4.98 Å². The van der Waals surface area contributed by atoms with E-state index in [4.69, 9.17) is 9.84 Å². The van der Waals surface area contributed by atoms with Gasteiger partial charge >= 0.3 is 5.97 Å². The summed E-state index contributed by atoms with van der Waals surface area (Å²) in [5, 5.41) is 9.11. The quantitative estimate of drug-likeness (QED) is 0.878. The number of hydrogen-bond acceptors (Lipinski definition) is 3. The van der Waals surface area contributed by atoms with Gasteiger partial charge in [0.15, 0.2) is 0 Å². The molecule has 0 aliphatic heterocycles. The van der Waals surface area contributed by atoms with Crippen LogP contribution in [0.5, 0.6) is 0 Å². The summed E-state index contributed by atoms with van der Waals surface area (Å²) in [4.78, 5) is 15.3. The Morgan fingerprint density at radius 3 is 2.72 bits per heavy atom. The zero-order valence-electron chi connectivity index (χ0n) is 10.0. The van der Waals surface area contributed by atoms with Gasteiger partial charge in [0.25, 0.3) is 0 Å². The highest BCUT2D eigenvalue weighted by Gasteiger charge is 2.16. The lowest BCUT2D eigenvalue weighted by molar-refractivity contribution is 0.0627. The second-order valence-electron chi connectivity index (χ2n) is 3.69. The molecular formula is C13H14N2O3. The summed E-state index contributed by atoms with van der Waals surface area (Å²) in [5.41, 5.74) is 0.993. The minimum atomic E-state index is -1.01. The van der Waals surface area contributed by atoms with E-state index in [0.29, 0.717) is 12.4 Å². The zero-order valence-corrected chi connectivity index (χ0v) is 10.0. The maximum Gasteiger partial charge on any atom is 0.354 e. The first-order valence-corrected chi connectivity index (χ1v) is 5.66. The van der Waals surface area contributed by atoms with E-state index in [0.717, 1.165) is 5.56 Å². The fourth-order valence-electron chi connectivity index (χ4n) is 1.68. The molecule has 2 rings (SSSR count). The molecule has 0 radical (unpaired) electrons. The van der Waals surface area contributed by atoms with E-state index >= 15 is 0 Å². The van der Waals surface area contributed by atoms with Crippen molar-refractivity contribution >= 4 is 5.97 Å². The Morgan fingerprint density at radius 2 is 2.11 bits per heavy atom. The summed E-state index contributed by atoms with van der Waals surface area (Å²) in [6.07, 6.45) is 1.35. The zero-order chi connectivity index (χ0) is 13.0. The van der Waals surface area contributed by atoms with Gasteiger partial charge in [0.1, 0.15) is 18.2 Å². The van der Waals surface area contributed by atoms with Crippen LogP contribution in [0.15, 0.2) is 36.5 Å². The second kappa shape index (κ2) is 5.46. The number of benzene rings is 1. The van der Waals surface area contributed by atoms with Crippen LogP contribution in [0.2, 0.25) is 0 Å². The minimum absolute atomic E-state index is 0.127. The summed E-state index contributed by atoms with van der Waals surface area (Å²) < 4.78 is 6.85. The molecule has 0 unspecified atom stereocenters. The van der Waals surface area contributed by atoms with Gasteiger partial charge in [-0.15, -0.1) is 0 Å². The lowest BCUT2D eigenvalue weighted by Crippen LogP contribution is -2.12. The topological polar surface area (TPSA) is 64.3 Å².